The molecular formula is C25H28BrN7O5S. The second-order valence-electron chi connectivity index (χ2n) is 9.33. The number of benzene rings is 1. The van der Waals surface area contributed by atoms with Crippen molar-refractivity contribution < 1.29 is 24.1 Å². The summed E-state index contributed by atoms with van der Waals surface area (Å²) < 4.78 is 19.0. The predicted molar refractivity (Wildman–Crippen MR) is 148 cm³/mol. The molecule has 2 aromatic heterocycles. The number of carbonyl (C=O) groups excluding carboxylic acids is 1. The molecule has 0 saturated carbocycles. The number of aromatic nitrogens is 4. The molecule has 12 nitrogen and oxygen atoms in total. The molecule has 0 spiro atoms. The minimum Gasteiger partial charge on any atom is -0.492 e. The van der Waals surface area contributed by atoms with Gasteiger partial charge < -0.3 is 34.5 Å². The number of nitrogen functional groups attached to an aromatic ring is 1. The highest BCUT2D eigenvalue weighted by atomic mass is 79.9. The van der Waals surface area contributed by atoms with E-state index < -0.39 is 5.97 Å². The van der Waals surface area contributed by atoms with Crippen LogP contribution in [0.3, 0.4) is 0 Å². The minimum absolute atomic E-state index is 0.0659. The van der Waals surface area contributed by atoms with Gasteiger partial charge in [0.05, 0.1) is 0 Å². The third-order valence-electron chi connectivity index (χ3n) is 6.70. The fraction of sp³-hybridized carbons (Fsp3) is 0.400. The van der Waals surface area contributed by atoms with Crippen molar-refractivity contribution in [3.8, 4) is 11.5 Å². The lowest BCUT2D eigenvalue weighted by Gasteiger charge is -2.33. The first-order valence-corrected chi connectivity index (χ1v) is 14.0. The number of ether oxygens (including phenoxy) is 3. The molecule has 0 radical (unpaired) electrons. The molecule has 2 aliphatic heterocycles. The molecule has 4 heterocycles. The Morgan fingerprint density at radius 1 is 1.26 bits per heavy atom. The number of nitrogens with one attached hydrogen (secondary N) is 1. The number of rotatable bonds is 8. The fourth-order valence-electron chi connectivity index (χ4n) is 4.52. The predicted octanol–water partition coefficient (Wildman–Crippen LogP) is 4.48. The molecule has 1 saturated heterocycles. The van der Waals surface area contributed by atoms with E-state index in [0.29, 0.717) is 54.0 Å². The van der Waals surface area contributed by atoms with Gasteiger partial charge in [-0.05, 0) is 67.1 Å². The van der Waals surface area contributed by atoms with Gasteiger partial charge in [0.15, 0.2) is 39.4 Å². The van der Waals surface area contributed by atoms with Gasteiger partial charge in [-0.3, -0.25) is 5.41 Å². The monoisotopic (exact) mass is 617 g/mol. The van der Waals surface area contributed by atoms with Gasteiger partial charge in [-0.15, -0.1) is 0 Å². The highest BCUT2D eigenvalue weighted by molar-refractivity contribution is 9.10. The third kappa shape index (κ3) is 5.76. The van der Waals surface area contributed by atoms with Crippen molar-refractivity contribution in [2.24, 2.45) is 5.92 Å². The van der Waals surface area contributed by atoms with Gasteiger partial charge >= 0.3 is 5.97 Å². The van der Waals surface area contributed by atoms with Crippen LogP contribution in [-0.4, -0.2) is 61.1 Å². The molecule has 206 valence electrons. The minimum atomic E-state index is -0.771. The number of hydrogen-bond acceptors (Lipinski definition) is 12. The Hall–Kier alpha value is -3.52. The number of allylic oxidation sites excluding steroid dienone is 1. The number of fused-ring (bicyclic) bond motifs is 2. The smallest absolute Gasteiger partial charge is 0.356 e. The van der Waals surface area contributed by atoms with E-state index in [2.05, 4.69) is 30.5 Å². The number of halogens is 1. The number of hydrogen-bond donors (Lipinski definition) is 3. The number of aliphatic hydroxyl groups is 1. The molecule has 0 aliphatic carbocycles. The number of aryl methyl sites for hydroxylation is 1. The van der Waals surface area contributed by atoms with E-state index in [4.69, 9.17) is 30.3 Å². The van der Waals surface area contributed by atoms with Crippen molar-refractivity contribution in [2.45, 2.75) is 49.7 Å². The number of nitrogens with two attached hydrogens (primary N) is 1. The van der Waals surface area contributed by atoms with Crippen molar-refractivity contribution in [1.82, 2.24) is 24.4 Å². The van der Waals surface area contributed by atoms with Crippen LogP contribution in [0, 0.1) is 11.3 Å². The van der Waals surface area contributed by atoms with E-state index in [1.165, 1.54) is 31.9 Å². The number of aliphatic hydroxyl groups excluding tert-OH is 1. The van der Waals surface area contributed by atoms with Crippen molar-refractivity contribution in [3.05, 3.63) is 34.6 Å². The van der Waals surface area contributed by atoms with E-state index in [0.717, 1.165) is 33.8 Å². The summed E-state index contributed by atoms with van der Waals surface area (Å²) in [5.41, 5.74) is 7.15. The SMILES string of the molecule is CC(=N)C(=O)OC(C)=C(O)N1CCC(CCn2c(Sc3cc4c(cc3Br)OCO4)nc3c(N)ncnc32)CC1. The van der Waals surface area contributed by atoms with Crippen LogP contribution >= 0.6 is 27.7 Å². The van der Waals surface area contributed by atoms with Crippen LogP contribution in [0.5, 0.6) is 11.5 Å². The molecule has 0 unspecified atom stereocenters. The van der Waals surface area contributed by atoms with Crippen LogP contribution in [0.25, 0.3) is 11.2 Å². The van der Waals surface area contributed by atoms with Gasteiger partial charge in [-0.25, -0.2) is 19.7 Å². The number of imidazole rings is 1. The molecule has 0 bridgehead atoms. The number of likely N-dealkylation sites (tertiary alicyclic amines) is 1. The van der Waals surface area contributed by atoms with Crippen LogP contribution in [0.2, 0.25) is 0 Å². The molecule has 0 atom stereocenters. The van der Waals surface area contributed by atoms with Crippen LogP contribution in [0.1, 0.15) is 33.1 Å². The normalized spacial score (nSPS) is 15.9. The zero-order chi connectivity index (χ0) is 27.7. The molecule has 1 aromatic carbocycles. The number of piperidine rings is 1. The van der Waals surface area contributed by atoms with Gasteiger partial charge in [-0.2, -0.15) is 0 Å². The lowest BCUT2D eigenvalue weighted by Crippen LogP contribution is -2.34. The van der Waals surface area contributed by atoms with Crippen molar-refractivity contribution in [3.63, 3.8) is 0 Å². The maximum Gasteiger partial charge on any atom is 0.356 e. The van der Waals surface area contributed by atoms with Crippen molar-refractivity contribution >= 4 is 56.4 Å². The Balaban J connectivity index is 1.29. The highest BCUT2D eigenvalue weighted by Gasteiger charge is 2.25. The van der Waals surface area contributed by atoms with Gasteiger partial charge in [0, 0.05) is 29.0 Å². The first-order valence-electron chi connectivity index (χ1n) is 12.4. The van der Waals surface area contributed by atoms with Crippen LogP contribution in [-0.2, 0) is 16.1 Å². The average molecular weight is 619 g/mol. The Labute approximate surface area is 237 Å². The second-order valence-corrected chi connectivity index (χ2v) is 11.2. The van der Waals surface area contributed by atoms with E-state index in [1.54, 1.807) is 4.90 Å². The summed E-state index contributed by atoms with van der Waals surface area (Å²) in [5, 5.41) is 18.6. The third-order valence-corrected chi connectivity index (χ3v) is 8.67. The summed E-state index contributed by atoms with van der Waals surface area (Å²) in [5.74, 6) is 1.38. The van der Waals surface area contributed by atoms with Gasteiger partial charge in [-0.1, -0.05) is 11.8 Å². The molecule has 0 amide bonds. The molecular weight excluding hydrogens is 590 g/mol. The van der Waals surface area contributed by atoms with Crippen LogP contribution in [0.4, 0.5) is 5.82 Å². The Morgan fingerprint density at radius 2 is 1.97 bits per heavy atom. The largest absolute Gasteiger partial charge is 0.492 e. The number of anilines is 1. The Morgan fingerprint density at radius 3 is 2.69 bits per heavy atom. The van der Waals surface area contributed by atoms with E-state index in [-0.39, 0.29) is 24.1 Å². The molecule has 14 heteroatoms. The average Bonchev–Trinajstić information content (AvgIpc) is 3.51. The van der Waals surface area contributed by atoms with Gasteiger partial charge in [0.2, 0.25) is 12.7 Å². The quantitative estimate of drug-likeness (QED) is 0.185. The summed E-state index contributed by atoms with van der Waals surface area (Å²) in [4.78, 5) is 27.8. The topological polar surface area (TPSA) is 162 Å². The van der Waals surface area contributed by atoms with Crippen LogP contribution < -0.4 is 15.2 Å². The summed E-state index contributed by atoms with van der Waals surface area (Å²) in [7, 11) is 0. The lowest BCUT2D eigenvalue weighted by molar-refractivity contribution is -0.132. The van der Waals surface area contributed by atoms with Crippen LogP contribution in [0.15, 0.2) is 44.6 Å². The maximum atomic E-state index is 11.7. The molecule has 4 N–H and O–H groups in total. The van der Waals surface area contributed by atoms with Gasteiger partial charge in [0.25, 0.3) is 0 Å². The summed E-state index contributed by atoms with van der Waals surface area (Å²) >= 11 is 5.11. The lowest BCUT2D eigenvalue weighted by atomic mass is 9.93. The van der Waals surface area contributed by atoms with E-state index >= 15 is 0 Å². The van der Waals surface area contributed by atoms with E-state index in [9.17, 15) is 9.90 Å². The molecule has 39 heavy (non-hydrogen) atoms. The highest BCUT2D eigenvalue weighted by Crippen LogP contribution is 2.43. The number of nitrogens with zero attached hydrogens (tertiary/aromatic N) is 5. The standard InChI is InChI=1S/C25H28BrN7O5S/c1-13(27)24(35)38-14(2)23(34)32-6-3-15(4-7-32)5-8-33-22-20(21(28)29-11-30-22)31-25(33)39-19-10-18-17(9-16(19)26)36-12-37-18/h9-11,15,27,34H,3-8,12H2,1-2H3,(H2,28,29,30). The van der Waals surface area contributed by atoms with E-state index in [1.807, 2.05) is 12.1 Å². The zero-order valence-corrected chi connectivity index (χ0v) is 23.8. The first-order chi connectivity index (χ1) is 18.7. The molecule has 1 fully saturated rings. The van der Waals surface area contributed by atoms with Crippen molar-refractivity contribution in [1.29, 1.82) is 5.41 Å². The summed E-state index contributed by atoms with van der Waals surface area (Å²) in [6.07, 6.45) is 4.04. The number of esters is 1. The maximum absolute atomic E-state index is 11.7. The first kappa shape index (κ1) is 27.1. The molecule has 2 aliphatic rings. The summed E-state index contributed by atoms with van der Waals surface area (Å²) in [6.45, 7) is 5.00. The molecule has 3 aromatic rings. The Kier molecular flexibility index (Phi) is 7.84. The van der Waals surface area contributed by atoms with Gasteiger partial charge in [0.1, 0.15) is 12.0 Å². The van der Waals surface area contributed by atoms with Crippen molar-refractivity contribution in [2.75, 3.05) is 25.6 Å². The zero-order valence-electron chi connectivity index (χ0n) is 21.4. The number of carbonyl (C=O) groups is 1. The summed E-state index contributed by atoms with van der Waals surface area (Å²) in [6, 6.07) is 3.81. The second kappa shape index (κ2) is 11.3. The fourth-order valence-corrected chi connectivity index (χ4v) is 6.03. The molecule has 5 rings (SSSR count). The Bertz CT molecular complexity index is 1470.